The van der Waals surface area contributed by atoms with Crippen LogP contribution in [-0.2, 0) is 9.53 Å². The molecule has 1 rings (SSSR count). The van der Waals surface area contributed by atoms with Crippen molar-refractivity contribution in [1.82, 2.24) is 0 Å². The Kier molecular flexibility index (Phi) is 4.36. The molecule has 0 aliphatic carbocycles. The van der Waals surface area contributed by atoms with Crippen molar-refractivity contribution in [1.29, 1.82) is 0 Å². The molecule has 1 aromatic carbocycles. The van der Waals surface area contributed by atoms with Crippen LogP contribution in [-0.4, -0.2) is 18.6 Å². The smallest absolute Gasteiger partial charge is 0.256 e. The van der Waals surface area contributed by atoms with E-state index < -0.39 is 17.3 Å². The van der Waals surface area contributed by atoms with Crippen molar-refractivity contribution in [2.45, 2.75) is 19.4 Å². The maximum Gasteiger partial charge on any atom is 0.256 e. The van der Waals surface area contributed by atoms with Gasteiger partial charge >= 0.3 is 0 Å². The molecule has 0 aromatic heterocycles. The summed E-state index contributed by atoms with van der Waals surface area (Å²) in [5.41, 5.74) is -0.856. The summed E-state index contributed by atoms with van der Waals surface area (Å²) < 4.78 is 17.9. The molecule has 1 N–H and O–H groups in total. The third-order valence-corrected chi connectivity index (χ3v) is 2.90. The highest BCUT2D eigenvalue weighted by atomic mass is 35.5. The van der Waals surface area contributed by atoms with E-state index >= 15 is 0 Å². The van der Waals surface area contributed by atoms with Crippen LogP contribution in [0.3, 0.4) is 0 Å². The lowest BCUT2D eigenvalue weighted by atomic mass is 10.1. The molecule has 0 spiro atoms. The second-order valence-electron chi connectivity index (χ2n) is 3.91. The molecule has 6 heteroatoms. The van der Waals surface area contributed by atoms with E-state index in [1.54, 1.807) is 13.8 Å². The minimum atomic E-state index is -1.03. The molecule has 0 bridgehead atoms. The Hall–Kier alpha value is -0.840. The van der Waals surface area contributed by atoms with Crippen LogP contribution in [0.4, 0.5) is 10.1 Å². The van der Waals surface area contributed by atoms with Gasteiger partial charge in [-0.15, -0.1) is 0 Å². The topological polar surface area (TPSA) is 38.3 Å². The van der Waals surface area contributed by atoms with Crippen LogP contribution in [0.25, 0.3) is 0 Å². The zero-order valence-electron chi connectivity index (χ0n) is 9.61. The number of amides is 1. The van der Waals surface area contributed by atoms with Gasteiger partial charge in [-0.3, -0.25) is 4.79 Å². The molecule has 94 valence electrons. The second-order valence-corrected chi connectivity index (χ2v) is 4.73. The van der Waals surface area contributed by atoms with E-state index in [0.717, 1.165) is 12.1 Å². The maximum atomic E-state index is 12.9. The zero-order valence-corrected chi connectivity index (χ0v) is 11.1. The van der Waals surface area contributed by atoms with Gasteiger partial charge in [0.1, 0.15) is 11.4 Å². The van der Waals surface area contributed by atoms with E-state index in [9.17, 15) is 9.18 Å². The quantitative estimate of drug-likeness (QED) is 0.920. The van der Waals surface area contributed by atoms with Gasteiger partial charge in [-0.25, -0.2) is 4.39 Å². The van der Waals surface area contributed by atoms with Crippen LogP contribution in [0.2, 0.25) is 10.0 Å². The fraction of sp³-hybridized carbons (Fsp3) is 0.364. The van der Waals surface area contributed by atoms with E-state index in [4.69, 9.17) is 27.9 Å². The van der Waals surface area contributed by atoms with Gasteiger partial charge in [0.05, 0.1) is 15.7 Å². The first-order chi connectivity index (χ1) is 7.77. The van der Waals surface area contributed by atoms with Crippen molar-refractivity contribution >= 4 is 34.8 Å². The Morgan fingerprint density at radius 2 is 1.82 bits per heavy atom. The van der Waals surface area contributed by atoms with Gasteiger partial charge < -0.3 is 10.1 Å². The average Bonchev–Trinajstić information content (AvgIpc) is 2.22. The van der Waals surface area contributed by atoms with E-state index in [-0.39, 0.29) is 15.7 Å². The van der Waals surface area contributed by atoms with Gasteiger partial charge in [0, 0.05) is 7.11 Å². The molecular formula is C11H12Cl2FNO2. The number of anilines is 1. The minimum absolute atomic E-state index is 0.0373. The number of ether oxygens (including phenoxy) is 1. The highest BCUT2D eigenvalue weighted by Crippen LogP contribution is 2.32. The third-order valence-electron chi connectivity index (χ3n) is 2.30. The molecular weight excluding hydrogens is 268 g/mol. The Morgan fingerprint density at radius 1 is 1.35 bits per heavy atom. The molecule has 17 heavy (non-hydrogen) atoms. The fourth-order valence-corrected chi connectivity index (χ4v) is 1.57. The molecule has 0 saturated heterocycles. The van der Waals surface area contributed by atoms with Crippen LogP contribution >= 0.6 is 23.2 Å². The predicted molar refractivity (Wildman–Crippen MR) is 66.1 cm³/mol. The Bertz CT molecular complexity index is 426. The number of halogens is 3. The van der Waals surface area contributed by atoms with Crippen molar-refractivity contribution in [3.8, 4) is 0 Å². The number of nitrogens with one attached hydrogen (secondary N) is 1. The number of hydrogen-bond donors (Lipinski definition) is 1. The SMILES string of the molecule is COC(C)(C)C(=O)Nc1c(Cl)cc(F)cc1Cl. The van der Waals surface area contributed by atoms with Gasteiger partial charge in [0.15, 0.2) is 0 Å². The average molecular weight is 280 g/mol. The van der Waals surface area contributed by atoms with Gasteiger partial charge in [-0.1, -0.05) is 23.2 Å². The molecule has 0 saturated carbocycles. The lowest BCUT2D eigenvalue weighted by Crippen LogP contribution is -2.38. The third kappa shape index (κ3) is 3.31. The number of hydrogen-bond acceptors (Lipinski definition) is 2. The van der Waals surface area contributed by atoms with E-state index in [0.29, 0.717) is 0 Å². The highest BCUT2D eigenvalue weighted by Gasteiger charge is 2.28. The van der Waals surface area contributed by atoms with Crippen LogP contribution in [0.5, 0.6) is 0 Å². The zero-order chi connectivity index (χ0) is 13.2. The molecule has 0 atom stereocenters. The summed E-state index contributed by atoms with van der Waals surface area (Å²) in [6.45, 7) is 3.18. The van der Waals surface area contributed by atoms with E-state index in [1.807, 2.05) is 0 Å². The normalized spacial score (nSPS) is 11.4. The van der Waals surface area contributed by atoms with E-state index in [2.05, 4.69) is 5.32 Å². The summed E-state index contributed by atoms with van der Waals surface area (Å²) in [6.07, 6.45) is 0. The summed E-state index contributed by atoms with van der Waals surface area (Å²) in [6, 6.07) is 2.14. The first kappa shape index (κ1) is 14.2. The summed E-state index contributed by atoms with van der Waals surface area (Å²) in [5, 5.41) is 2.58. The first-order valence-electron chi connectivity index (χ1n) is 4.79. The van der Waals surface area contributed by atoms with Gasteiger partial charge in [0.25, 0.3) is 5.91 Å². The van der Waals surface area contributed by atoms with Crippen molar-refractivity contribution < 1.29 is 13.9 Å². The number of carbonyl (C=O) groups is 1. The van der Waals surface area contributed by atoms with Crippen molar-refractivity contribution in [3.63, 3.8) is 0 Å². The number of methoxy groups -OCH3 is 1. The predicted octanol–water partition coefficient (Wildman–Crippen LogP) is 3.50. The molecule has 1 amide bonds. The summed E-state index contributed by atoms with van der Waals surface area (Å²) in [7, 11) is 1.41. The molecule has 0 fully saturated rings. The maximum absolute atomic E-state index is 12.9. The van der Waals surface area contributed by atoms with Crippen LogP contribution in [0.1, 0.15) is 13.8 Å². The van der Waals surface area contributed by atoms with Crippen LogP contribution in [0, 0.1) is 5.82 Å². The molecule has 0 unspecified atom stereocenters. The van der Waals surface area contributed by atoms with Crippen molar-refractivity contribution in [2.75, 3.05) is 12.4 Å². The standard InChI is InChI=1S/C11H12Cl2FNO2/c1-11(2,17-3)10(16)15-9-7(12)4-6(14)5-8(9)13/h4-5H,1-3H3,(H,15,16). The monoisotopic (exact) mass is 279 g/mol. The number of carbonyl (C=O) groups excluding carboxylic acids is 1. The summed E-state index contributed by atoms with van der Waals surface area (Å²) in [4.78, 5) is 11.8. The van der Waals surface area contributed by atoms with E-state index in [1.165, 1.54) is 7.11 Å². The van der Waals surface area contributed by atoms with Gasteiger partial charge in [-0.2, -0.15) is 0 Å². The highest BCUT2D eigenvalue weighted by molar-refractivity contribution is 6.39. The molecule has 0 heterocycles. The molecule has 0 aliphatic heterocycles. The number of benzene rings is 1. The Labute approximate surface area is 109 Å². The largest absolute Gasteiger partial charge is 0.369 e. The Morgan fingerprint density at radius 3 is 2.24 bits per heavy atom. The lowest BCUT2D eigenvalue weighted by Gasteiger charge is -2.22. The van der Waals surface area contributed by atoms with Crippen molar-refractivity contribution in [3.05, 3.63) is 28.0 Å². The van der Waals surface area contributed by atoms with Crippen LogP contribution < -0.4 is 5.32 Å². The van der Waals surface area contributed by atoms with Gasteiger partial charge in [0.2, 0.25) is 0 Å². The summed E-state index contributed by atoms with van der Waals surface area (Å²) >= 11 is 11.6. The fourth-order valence-electron chi connectivity index (χ4n) is 1.02. The molecule has 3 nitrogen and oxygen atoms in total. The minimum Gasteiger partial charge on any atom is -0.369 e. The number of rotatable bonds is 3. The molecule has 1 aromatic rings. The van der Waals surface area contributed by atoms with Gasteiger partial charge in [-0.05, 0) is 26.0 Å². The molecule has 0 aliphatic rings. The Balaban J connectivity index is 3.01. The lowest BCUT2D eigenvalue weighted by molar-refractivity contribution is -0.133. The van der Waals surface area contributed by atoms with Crippen LogP contribution in [0.15, 0.2) is 12.1 Å². The first-order valence-corrected chi connectivity index (χ1v) is 5.54. The molecule has 0 radical (unpaired) electrons. The second kappa shape index (κ2) is 5.21. The van der Waals surface area contributed by atoms with Crippen molar-refractivity contribution in [2.24, 2.45) is 0 Å². The summed E-state index contributed by atoms with van der Waals surface area (Å²) in [5.74, 6) is -0.987.